The number of carbonyl (C=O) groups excluding carboxylic acids is 2. The molecule has 5 nitrogen and oxygen atoms in total. The van der Waals surface area contributed by atoms with E-state index in [-0.39, 0.29) is 16.9 Å². The number of hydrogen-bond donors (Lipinski definition) is 3. The van der Waals surface area contributed by atoms with Crippen LogP contribution < -0.4 is 16.4 Å². The Kier molecular flexibility index (Phi) is 4.01. The minimum absolute atomic E-state index is 0.0164. The van der Waals surface area contributed by atoms with Crippen molar-refractivity contribution < 1.29 is 9.59 Å². The molecule has 0 heterocycles. The quantitative estimate of drug-likeness (QED) is 0.641. The van der Waals surface area contributed by atoms with Crippen molar-refractivity contribution in [3.05, 3.63) is 0 Å². The predicted octanol–water partition coefficient (Wildman–Crippen LogP) is 0.986. The van der Waals surface area contributed by atoms with Crippen LogP contribution in [0, 0.1) is 10.8 Å². The average molecular weight is 241 g/mol. The number of hydrogen-bond acceptors (Lipinski definition) is 2. The van der Waals surface area contributed by atoms with Gasteiger partial charge < -0.3 is 16.4 Å². The molecule has 1 aliphatic rings. The molecule has 17 heavy (non-hydrogen) atoms. The number of nitrogens with one attached hydrogen (secondary N) is 2. The highest BCUT2D eigenvalue weighted by molar-refractivity contribution is 5.71. The van der Waals surface area contributed by atoms with Crippen molar-refractivity contribution in [2.45, 2.75) is 46.1 Å². The van der Waals surface area contributed by atoms with Crippen LogP contribution in [-0.2, 0) is 4.79 Å². The van der Waals surface area contributed by atoms with E-state index in [1.807, 2.05) is 0 Å². The van der Waals surface area contributed by atoms with E-state index in [2.05, 4.69) is 31.4 Å². The lowest BCUT2D eigenvalue weighted by atomic mass is 9.62. The predicted molar refractivity (Wildman–Crippen MR) is 66.3 cm³/mol. The second kappa shape index (κ2) is 4.94. The van der Waals surface area contributed by atoms with Crippen molar-refractivity contribution in [2.75, 3.05) is 6.54 Å². The van der Waals surface area contributed by atoms with Crippen molar-refractivity contribution in [3.63, 3.8) is 0 Å². The first-order valence-electron chi connectivity index (χ1n) is 5.99. The van der Waals surface area contributed by atoms with Gasteiger partial charge in [-0.25, -0.2) is 4.79 Å². The van der Waals surface area contributed by atoms with Gasteiger partial charge in [0.15, 0.2) is 0 Å². The standard InChI is InChI=1S/C12H23N3O2/c1-11(2)4-9(15-8-16)5-12(3,6-11)7-14-10(13)17/h8-9H,4-7H2,1-3H3,(H,15,16)(H3,13,14,17). The molecule has 0 bridgehead atoms. The van der Waals surface area contributed by atoms with Crippen molar-refractivity contribution in [3.8, 4) is 0 Å². The molecule has 1 saturated carbocycles. The van der Waals surface area contributed by atoms with E-state index in [0.29, 0.717) is 6.54 Å². The van der Waals surface area contributed by atoms with Crippen LogP contribution in [0.3, 0.4) is 0 Å². The fraction of sp³-hybridized carbons (Fsp3) is 0.833. The van der Waals surface area contributed by atoms with Gasteiger partial charge in [0.2, 0.25) is 6.41 Å². The lowest BCUT2D eigenvalue weighted by Crippen LogP contribution is -2.49. The Labute approximate surface area is 103 Å². The highest BCUT2D eigenvalue weighted by Crippen LogP contribution is 2.45. The van der Waals surface area contributed by atoms with Crippen LogP contribution in [0.5, 0.6) is 0 Å². The highest BCUT2D eigenvalue weighted by atomic mass is 16.2. The Morgan fingerprint density at radius 1 is 1.41 bits per heavy atom. The molecule has 0 aromatic carbocycles. The molecule has 0 saturated heterocycles. The number of urea groups is 1. The third-order valence-corrected chi connectivity index (χ3v) is 3.44. The molecule has 0 spiro atoms. The Bertz CT molecular complexity index is 304. The van der Waals surface area contributed by atoms with E-state index in [1.54, 1.807) is 0 Å². The van der Waals surface area contributed by atoms with Gasteiger partial charge in [0, 0.05) is 12.6 Å². The summed E-state index contributed by atoms with van der Waals surface area (Å²) < 4.78 is 0. The van der Waals surface area contributed by atoms with E-state index in [0.717, 1.165) is 25.7 Å². The maximum atomic E-state index is 10.8. The molecule has 4 N–H and O–H groups in total. The number of carbonyl (C=O) groups is 2. The fourth-order valence-corrected chi connectivity index (χ4v) is 3.28. The number of nitrogens with two attached hydrogens (primary N) is 1. The SMILES string of the molecule is CC1(C)CC(NC=O)CC(C)(CNC(N)=O)C1. The van der Waals surface area contributed by atoms with Crippen LogP contribution in [0.4, 0.5) is 4.79 Å². The Morgan fingerprint density at radius 3 is 2.59 bits per heavy atom. The van der Waals surface area contributed by atoms with E-state index in [1.165, 1.54) is 0 Å². The van der Waals surface area contributed by atoms with Gasteiger partial charge in [-0.05, 0) is 30.1 Å². The molecule has 0 radical (unpaired) electrons. The van der Waals surface area contributed by atoms with Crippen molar-refractivity contribution in [2.24, 2.45) is 16.6 Å². The van der Waals surface area contributed by atoms with E-state index in [9.17, 15) is 9.59 Å². The zero-order valence-electron chi connectivity index (χ0n) is 10.9. The molecule has 2 unspecified atom stereocenters. The fourth-order valence-electron chi connectivity index (χ4n) is 3.28. The summed E-state index contributed by atoms with van der Waals surface area (Å²) in [5.41, 5.74) is 5.25. The van der Waals surface area contributed by atoms with Crippen LogP contribution in [0.25, 0.3) is 0 Å². The number of amides is 3. The molecular formula is C12H23N3O2. The van der Waals surface area contributed by atoms with E-state index >= 15 is 0 Å². The Balaban J connectivity index is 2.69. The van der Waals surface area contributed by atoms with Crippen molar-refractivity contribution in [1.82, 2.24) is 10.6 Å². The minimum Gasteiger partial charge on any atom is -0.356 e. The molecule has 5 heteroatoms. The Morgan fingerprint density at radius 2 is 2.06 bits per heavy atom. The monoisotopic (exact) mass is 241 g/mol. The highest BCUT2D eigenvalue weighted by Gasteiger charge is 2.41. The molecule has 0 aromatic heterocycles. The first-order valence-corrected chi connectivity index (χ1v) is 5.99. The molecule has 1 aliphatic carbocycles. The van der Waals surface area contributed by atoms with E-state index in [4.69, 9.17) is 5.73 Å². The zero-order valence-corrected chi connectivity index (χ0v) is 10.9. The van der Waals surface area contributed by atoms with Crippen LogP contribution in [0.2, 0.25) is 0 Å². The summed E-state index contributed by atoms with van der Waals surface area (Å²) in [6, 6.07) is -0.314. The molecule has 1 rings (SSSR count). The molecule has 0 aromatic rings. The molecular weight excluding hydrogens is 218 g/mol. The first kappa shape index (κ1) is 13.8. The van der Waals surface area contributed by atoms with Gasteiger partial charge in [0.05, 0.1) is 0 Å². The van der Waals surface area contributed by atoms with Gasteiger partial charge in [-0.15, -0.1) is 0 Å². The van der Waals surface area contributed by atoms with Crippen LogP contribution in [-0.4, -0.2) is 25.0 Å². The molecule has 3 amide bonds. The Hall–Kier alpha value is -1.26. The van der Waals surface area contributed by atoms with Gasteiger partial charge in [0.25, 0.3) is 0 Å². The maximum absolute atomic E-state index is 10.8. The van der Waals surface area contributed by atoms with Gasteiger partial charge in [-0.1, -0.05) is 20.8 Å². The molecule has 1 fully saturated rings. The van der Waals surface area contributed by atoms with Crippen molar-refractivity contribution in [1.29, 1.82) is 0 Å². The average Bonchev–Trinajstić information content (AvgIpc) is 2.12. The van der Waals surface area contributed by atoms with Gasteiger partial charge in [0.1, 0.15) is 0 Å². The number of rotatable bonds is 4. The van der Waals surface area contributed by atoms with Gasteiger partial charge in [-0.2, -0.15) is 0 Å². The second-order valence-corrected chi connectivity index (χ2v) is 6.26. The molecule has 2 atom stereocenters. The summed E-state index contributed by atoms with van der Waals surface area (Å²) in [6.07, 6.45) is 3.61. The number of primary amides is 1. The first-order chi connectivity index (χ1) is 7.76. The van der Waals surface area contributed by atoms with Crippen LogP contribution in [0.1, 0.15) is 40.0 Å². The summed E-state index contributed by atoms with van der Waals surface area (Å²) in [5.74, 6) is 0. The summed E-state index contributed by atoms with van der Waals surface area (Å²) in [5, 5.41) is 5.54. The molecule has 98 valence electrons. The zero-order chi connectivity index (χ0) is 13.1. The summed E-state index contributed by atoms with van der Waals surface area (Å²) in [4.78, 5) is 21.4. The lowest BCUT2D eigenvalue weighted by Gasteiger charge is -2.46. The summed E-state index contributed by atoms with van der Waals surface area (Å²) in [6.45, 7) is 7.06. The third kappa shape index (κ3) is 4.24. The summed E-state index contributed by atoms with van der Waals surface area (Å²) >= 11 is 0. The van der Waals surface area contributed by atoms with Crippen molar-refractivity contribution >= 4 is 12.4 Å². The van der Waals surface area contributed by atoms with Gasteiger partial charge in [-0.3, -0.25) is 4.79 Å². The van der Waals surface area contributed by atoms with E-state index < -0.39 is 6.03 Å². The minimum atomic E-state index is -0.491. The normalized spacial score (nSPS) is 31.6. The molecule has 0 aliphatic heterocycles. The van der Waals surface area contributed by atoms with Gasteiger partial charge >= 0.3 is 6.03 Å². The maximum Gasteiger partial charge on any atom is 0.312 e. The van der Waals surface area contributed by atoms with Crippen LogP contribution in [0.15, 0.2) is 0 Å². The second-order valence-electron chi connectivity index (χ2n) is 6.26. The van der Waals surface area contributed by atoms with Crippen LogP contribution >= 0.6 is 0 Å². The summed E-state index contributed by atoms with van der Waals surface area (Å²) in [7, 11) is 0. The third-order valence-electron chi connectivity index (χ3n) is 3.44. The largest absolute Gasteiger partial charge is 0.356 e. The lowest BCUT2D eigenvalue weighted by molar-refractivity contribution is -0.111. The topological polar surface area (TPSA) is 84.2 Å². The smallest absolute Gasteiger partial charge is 0.312 e.